The number of benzene rings is 4. The lowest BCUT2D eigenvalue weighted by atomic mass is 9.97. The van der Waals surface area contributed by atoms with Crippen LogP contribution in [-0.4, -0.2) is 75.1 Å². The minimum absolute atomic E-state index is 0.0167. The summed E-state index contributed by atoms with van der Waals surface area (Å²) < 4.78 is 47.9. The van der Waals surface area contributed by atoms with E-state index in [1.165, 1.54) is 14.0 Å². The van der Waals surface area contributed by atoms with Gasteiger partial charge < -0.3 is 43.2 Å². The van der Waals surface area contributed by atoms with Crippen LogP contribution in [0.4, 0.5) is 4.79 Å². The van der Waals surface area contributed by atoms with E-state index < -0.39 is 61.4 Å². The number of rotatable bonds is 18. The van der Waals surface area contributed by atoms with Gasteiger partial charge in [-0.2, -0.15) is 0 Å². The van der Waals surface area contributed by atoms with Gasteiger partial charge in [-0.15, -0.1) is 0 Å². The third-order valence-corrected chi connectivity index (χ3v) is 8.28. The van der Waals surface area contributed by atoms with Crippen molar-refractivity contribution in [3.8, 4) is 0 Å². The number of nitrogens with one attached hydrogen (secondary N) is 1. The van der Waals surface area contributed by atoms with E-state index >= 15 is 0 Å². The molecular formula is C41H45NO11. The average molecular weight is 728 g/mol. The van der Waals surface area contributed by atoms with Gasteiger partial charge in [0.1, 0.15) is 24.9 Å². The van der Waals surface area contributed by atoms with Crippen molar-refractivity contribution in [3.05, 3.63) is 144 Å². The van der Waals surface area contributed by atoms with Gasteiger partial charge in [0.15, 0.2) is 18.4 Å². The van der Waals surface area contributed by atoms with Crippen molar-refractivity contribution < 1.29 is 52.3 Å². The monoisotopic (exact) mass is 727 g/mol. The Hall–Kier alpha value is -5.11. The summed E-state index contributed by atoms with van der Waals surface area (Å²) in [5, 5.41) is 2.50. The minimum atomic E-state index is -1.30. The van der Waals surface area contributed by atoms with Crippen LogP contribution in [0.25, 0.3) is 0 Å². The number of methoxy groups -OCH3 is 1. The van der Waals surface area contributed by atoms with Crippen molar-refractivity contribution in [3.63, 3.8) is 0 Å². The molecule has 0 bridgehead atoms. The summed E-state index contributed by atoms with van der Waals surface area (Å²) >= 11 is 0. The molecule has 280 valence electrons. The zero-order chi connectivity index (χ0) is 37.3. The van der Waals surface area contributed by atoms with Crippen LogP contribution in [0, 0.1) is 0 Å². The molecule has 0 radical (unpaired) electrons. The Kier molecular flexibility index (Phi) is 15.4. The molecule has 12 heteroatoms. The van der Waals surface area contributed by atoms with Gasteiger partial charge in [0.25, 0.3) is 0 Å². The summed E-state index contributed by atoms with van der Waals surface area (Å²) in [7, 11) is 1.19. The van der Waals surface area contributed by atoms with Crippen molar-refractivity contribution in [1.82, 2.24) is 5.32 Å². The van der Waals surface area contributed by atoms with Crippen molar-refractivity contribution >= 4 is 18.0 Å². The van der Waals surface area contributed by atoms with Crippen LogP contribution in [0.15, 0.2) is 121 Å². The fourth-order valence-electron chi connectivity index (χ4n) is 5.66. The first-order valence-corrected chi connectivity index (χ1v) is 17.3. The van der Waals surface area contributed by atoms with Crippen LogP contribution in [0.1, 0.15) is 29.2 Å². The molecule has 0 saturated carbocycles. The zero-order valence-corrected chi connectivity index (χ0v) is 29.7. The summed E-state index contributed by atoms with van der Waals surface area (Å²) in [5.74, 6) is -1.40. The number of hydrogen-bond acceptors (Lipinski definition) is 11. The molecule has 12 nitrogen and oxygen atoms in total. The van der Waals surface area contributed by atoms with Crippen molar-refractivity contribution in [2.45, 2.75) is 70.1 Å². The van der Waals surface area contributed by atoms with Crippen LogP contribution in [0.2, 0.25) is 0 Å². The lowest BCUT2D eigenvalue weighted by Gasteiger charge is -2.45. The van der Waals surface area contributed by atoms with E-state index in [-0.39, 0.29) is 26.4 Å². The maximum Gasteiger partial charge on any atom is 0.408 e. The van der Waals surface area contributed by atoms with Crippen LogP contribution in [-0.2, 0) is 73.9 Å². The average Bonchev–Trinajstić information content (AvgIpc) is 3.19. The molecule has 1 aliphatic heterocycles. The lowest BCUT2D eigenvalue weighted by Crippen LogP contribution is -2.62. The fourth-order valence-corrected chi connectivity index (χ4v) is 5.66. The number of amides is 1. The molecule has 1 fully saturated rings. The first-order valence-electron chi connectivity index (χ1n) is 17.3. The number of alkyl carbamates (subject to hydrolysis) is 1. The topological polar surface area (TPSA) is 137 Å². The number of ether oxygens (including phenoxy) is 8. The highest BCUT2D eigenvalue weighted by atomic mass is 16.7. The minimum Gasteiger partial charge on any atom is -0.467 e. The third kappa shape index (κ3) is 12.5. The predicted octanol–water partition coefficient (Wildman–Crippen LogP) is 5.52. The molecular weight excluding hydrogens is 682 g/mol. The second-order valence-electron chi connectivity index (χ2n) is 12.3. The highest BCUT2D eigenvalue weighted by molar-refractivity contribution is 5.81. The van der Waals surface area contributed by atoms with Crippen molar-refractivity contribution in [2.75, 3.05) is 20.3 Å². The molecule has 53 heavy (non-hydrogen) atoms. The summed E-state index contributed by atoms with van der Waals surface area (Å²) in [6.07, 6.45) is -5.82. The summed E-state index contributed by atoms with van der Waals surface area (Å²) in [6, 6.07) is 36.6. The molecule has 0 spiro atoms. The van der Waals surface area contributed by atoms with E-state index in [1.54, 1.807) is 12.1 Å². The molecule has 1 amide bonds. The van der Waals surface area contributed by atoms with Crippen molar-refractivity contribution in [1.29, 1.82) is 0 Å². The second-order valence-corrected chi connectivity index (χ2v) is 12.3. The molecule has 5 rings (SSSR count). The Morgan fingerprint density at radius 3 is 1.64 bits per heavy atom. The van der Waals surface area contributed by atoms with Crippen LogP contribution in [0.5, 0.6) is 0 Å². The van der Waals surface area contributed by atoms with Crippen LogP contribution >= 0.6 is 0 Å². The Labute approximate surface area is 309 Å². The highest BCUT2D eigenvalue weighted by Gasteiger charge is 2.50. The van der Waals surface area contributed by atoms with E-state index in [9.17, 15) is 14.4 Å². The van der Waals surface area contributed by atoms with Crippen LogP contribution in [0.3, 0.4) is 0 Å². The first kappa shape index (κ1) is 39.1. The summed E-state index contributed by atoms with van der Waals surface area (Å²) in [6.45, 7) is 1.52. The Balaban J connectivity index is 1.38. The Bertz CT molecular complexity index is 1680. The van der Waals surface area contributed by atoms with Crippen LogP contribution < -0.4 is 5.32 Å². The van der Waals surface area contributed by atoms with E-state index in [4.69, 9.17) is 37.9 Å². The molecule has 1 heterocycles. The van der Waals surface area contributed by atoms with E-state index in [0.717, 1.165) is 22.3 Å². The third-order valence-electron chi connectivity index (χ3n) is 8.28. The van der Waals surface area contributed by atoms with Gasteiger partial charge in [-0.1, -0.05) is 121 Å². The molecule has 1 saturated heterocycles. The molecule has 6 atom stereocenters. The SMILES string of the molecule is COC(=O)[C@H](CO[C@@H]1O[C@H](COCc2ccccc2)[C@@H](OCc2ccccc2)[C@H](OCc2ccccc2)[C@@H]1OC(C)=O)NC(=O)OCc1ccccc1. The standard InChI is InChI=1S/C41H45NO11/c1-29(43)52-38-37(49-25-32-19-11-5-12-20-32)36(48-24-31-17-9-4-10-18-31)35(28-47-23-30-15-7-3-8-16-30)53-40(38)50-27-34(39(44)46-2)42-41(45)51-26-33-21-13-6-14-22-33/h3-22,34-38,40H,23-28H2,1-2H3,(H,42,45)/t34-,35+,36+,37-,38-,40+/m0/s1. The largest absolute Gasteiger partial charge is 0.467 e. The molecule has 4 aromatic carbocycles. The zero-order valence-electron chi connectivity index (χ0n) is 29.7. The van der Waals surface area contributed by atoms with Gasteiger partial charge in [-0.05, 0) is 22.3 Å². The Morgan fingerprint density at radius 1 is 0.642 bits per heavy atom. The van der Waals surface area contributed by atoms with Gasteiger partial charge >= 0.3 is 18.0 Å². The van der Waals surface area contributed by atoms with Crippen molar-refractivity contribution in [2.24, 2.45) is 0 Å². The summed E-state index contributed by atoms with van der Waals surface area (Å²) in [4.78, 5) is 38.2. The lowest BCUT2D eigenvalue weighted by molar-refractivity contribution is -0.321. The van der Waals surface area contributed by atoms with Gasteiger partial charge in [-0.25, -0.2) is 9.59 Å². The Morgan fingerprint density at radius 2 is 1.13 bits per heavy atom. The van der Waals surface area contributed by atoms with E-state index in [2.05, 4.69) is 5.32 Å². The number of carbonyl (C=O) groups is 3. The van der Waals surface area contributed by atoms with E-state index in [1.807, 2.05) is 109 Å². The second kappa shape index (κ2) is 20.8. The van der Waals surface area contributed by atoms with Gasteiger partial charge in [0, 0.05) is 6.92 Å². The highest BCUT2D eigenvalue weighted by Crippen LogP contribution is 2.31. The quantitative estimate of drug-likeness (QED) is 0.103. The fraction of sp³-hybridized carbons (Fsp3) is 0.341. The smallest absolute Gasteiger partial charge is 0.408 e. The van der Waals surface area contributed by atoms with Gasteiger partial charge in [0.05, 0.1) is 40.1 Å². The molecule has 0 unspecified atom stereocenters. The number of esters is 2. The van der Waals surface area contributed by atoms with Gasteiger partial charge in [0.2, 0.25) is 0 Å². The first-order chi connectivity index (χ1) is 25.9. The molecule has 0 aromatic heterocycles. The van der Waals surface area contributed by atoms with E-state index in [0.29, 0.717) is 6.61 Å². The summed E-state index contributed by atoms with van der Waals surface area (Å²) in [5.41, 5.74) is 3.51. The molecule has 4 aromatic rings. The molecule has 1 aliphatic rings. The number of hydrogen-bond donors (Lipinski definition) is 1. The number of carbonyl (C=O) groups excluding carboxylic acids is 3. The maximum absolute atomic E-state index is 12.8. The predicted molar refractivity (Wildman–Crippen MR) is 192 cm³/mol. The van der Waals surface area contributed by atoms with Gasteiger partial charge in [-0.3, -0.25) is 4.79 Å². The molecule has 1 N–H and O–H groups in total. The maximum atomic E-state index is 12.8. The molecule has 0 aliphatic carbocycles. The normalized spacial score (nSPS) is 20.2.